The van der Waals surface area contributed by atoms with Gasteiger partial charge in [-0.2, -0.15) is 0 Å². The number of hydrogen-bond acceptors (Lipinski definition) is 4. The molecule has 6 heteroatoms. The molecule has 2 N–H and O–H groups in total. The lowest BCUT2D eigenvalue weighted by molar-refractivity contribution is -0.123. The predicted octanol–water partition coefficient (Wildman–Crippen LogP) is 0.133. The number of nitrogens with zero attached hydrogens (tertiary/aromatic N) is 3. The number of hydrogen-bond donors (Lipinski definition) is 2. The van der Waals surface area contributed by atoms with Crippen molar-refractivity contribution in [2.75, 3.05) is 0 Å². The minimum atomic E-state index is -0.220. The van der Waals surface area contributed by atoms with E-state index in [4.69, 9.17) is 0 Å². The van der Waals surface area contributed by atoms with Crippen LogP contribution in [0.3, 0.4) is 0 Å². The van der Waals surface area contributed by atoms with Crippen LogP contribution in [0.25, 0.3) is 0 Å². The largest absolute Gasteiger partial charge is 0.352 e. The Balaban J connectivity index is 1.86. The maximum absolute atomic E-state index is 11.8. The van der Waals surface area contributed by atoms with Crippen molar-refractivity contribution in [2.24, 2.45) is 7.05 Å². The van der Waals surface area contributed by atoms with Crippen molar-refractivity contribution in [1.29, 1.82) is 0 Å². The van der Waals surface area contributed by atoms with Crippen LogP contribution in [0.1, 0.15) is 38.6 Å². The van der Waals surface area contributed by atoms with Crippen molar-refractivity contribution >= 4 is 5.91 Å². The van der Waals surface area contributed by atoms with E-state index in [2.05, 4.69) is 20.8 Å². The topological polar surface area (TPSA) is 71.8 Å². The molecule has 17 heavy (non-hydrogen) atoms. The number of aryl methyl sites for hydroxylation is 1. The summed E-state index contributed by atoms with van der Waals surface area (Å²) in [5.74, 6) is 0.887. The van der Waals surface area contributed by atoms with Crippen LogP contribution in [-0.2, 0) is 11.8 Å². The summed E-state index contributed by atoms with van der Waals surface area (Å²) < 4.78 is 1.85. The lowest BCUT2D eigenvalue weighted by Crippen LogP contribution is -2.44. The van der Waals surface area contributed by atoms with Gasteiger partial charge in [0.1, 0.15) is 12.2 Å². The lowest BCUT2D eigenvalue weighted by atomic mass is 10.2. The first-order valence-electron chi connectivity index (χ1n) is 5.98. The molecule has 2 atom stereocenters. The summed E-state index contributed by atoms with van der Waals surface area (Å²) >= 11 is 0. The van der Waals surface area contributed by atoms with Crippen LogP contribution in [0.15, 0.2) is 6.33 Å². The molecule has 1 aromatic rings. The summed E-state index contributed by atoms with van der Waals surface area (Å²) in [7, 11) is 1.89. The van der Waals surface area contributed by atoms with Gasteiger partial charge in [-0.05, 0) is 26.7 Å². The van der Waals surface area contributed by atoms with Crippen LogP contribution < -0.4 is 10.6 Å². The van der Waals surface area contributed by atoms with Crippen LogP contribution in [0, 0.1) is 0 Å². The number of nitrogens with one attached hydrogen (secondary N) is 2. The molecule has 0 saturated heterocycles. The van der Waals surface area contributed by atoms with E-state index >= 15 is 0 Å². The lowest BCUT2D eigenvalue weighted by Gasteiger charge is -2.18. The van der Waals surface area contributed by atoms with Crippen LogP contribution in [0.2, 0.25) is 0 Å². The fraction of sp³-hybridized carbons (Fsp3) is 0.727. The van der Waals surface area contributed by atoms with Gasteiger partial charge in [-0.15, -0.1) is 10.2 Å². The highest BCUT2D eigenvalue weighted by Gasteiger charge is 2.26. The maximum Gasteiger partial charge on any atom is 0.237 e. The molecule has 1 saturated carbocycles. The monoisotopic (exact) mass is 237 g/mol. The summed E-state index contributed by atoms with van der Waals surface area (Å²) in [6.07, 6.45) is 3.87. The fourth-order valence-electron chi connectivity index (χ4n) is 1.76. The van der Waals surface area contributed by atoms with E-state index in [9.17, 15) is 4.79 Å². The smallest absolute Gasteiger partial charge is 0.237 e. The second-order valence-electron chi connectivity index (χ2n) is 4.69. The Morgan fingerprint density at radius 2 is 2.24 bits per heavy atom. The molecule has 2 unspecified atom stereocenters. The number of carbonyl (C=O) groups excluding carboxylic acids is 1. The SMILES string of the molecule is CC(NC(C)c1nncn1C)C(=O)NC1CC1. The van der Waals surface area contributed by atoms with Crippen LogP contribution in [-0.4, -0.2) is 32.8 Å². The molecule has 0 radical (unpaired) electrons. The number of aromatic nitrogens is 3. The van der Waals surface area contributed by atoms with Gasteiger partial charge < -0.3 is 9.88 Å². The van der Waals surface area contributed by atoms with Crippen LogP contribution in [0.5, 0.6) is 0 Å². The van der Waals surface area contributed by atoms with Gasteiger partial charge >= 0.3 is 0 Å². The van der Waals surface area contributed by atoms with Crippen molar-refractivity contribution in [1.82, 2.24) is 25.4 Å². The molecule has 1 aliphatic rings. The van der Waals surface area contributed by atoms with Gasteiger partial charge in [0.15, 0.2) is 0 Å². The maximum atomic E-state index is 11.8. The zero-order valence-electron chi connectivity index (χ0n) is 10.5. The average molecular weight is 237 g/mol. The van der Waals surface area contributed by atoms with E-state index in [1.807, 2.05) is 25.5 Å². The Hall–Kier alpha value is -1.43. The van der Waals surface area contributed by atoms with Gasteiger partial charge in [0.25, 0.3) is 0 Å². The molecule has 2 rings (SSSR count). The normalized spacial score (nSPS) is 18.8. The highest BCUT2D eigenvalue weighted by atomic mass is 16.2. The molecule has 0 spiro atoms. The Kier molecular flexibility index (Phi) is 3.42. The van der Waals surface area contributed by atoms with Crippen molar-refractivity contribution < 1.29 is 4.79 Å². The standard InChI is InChI=1S/C11H19N5O/c1-7(10-15-12-6-16(10)3)13-8(2)11(17)14-9-4-5-9/h6-9,13H,4-5H2,1-3H3,(H,14,17). The summed E-state index contributed by atoms with van der Waals surface area (Å²) in [6.45, 7) is 3.84. The molecule has 1 aromatic heterocycles. The van der Waals surface area contributed by atoms with Crippen molar-refractivity contribution in [3.63, 3.8) is 0 Å². The molecule has 0 bridgehead atoms. The summed E-state index contributed by atoms with van der Waals surface area (Å²) in [5.41, 5.74) is 0. The first-order chi connectivity index (χ1) is 8.08. The minimum absolute atomic E-state index is 0.00227. The van der Waals surface area contributed by atoms with Gasteiger partial charge in [-0.1, -0.05) is 0 Å². The number of carbonyl (C=O) groups is 1. The minimum Gasteiger partial charge on any atom is -0.352 e. The van der Waals surface area contributed by atoms with Gasteiger partial charge in [0.05, 0.1) is 12.1 Å². The van der Waals surface area contributed by atoms with Crippen LogP contribution >= 0.6 is 0 Å². The first-order valence-corrected chi connectivity index (χ1v) is 5.98. The first kappa shape index (κ1) is 12.0. The Labute approximate surface area is 101 Å². The highest BCUT2D eigenvalue weighted by molar-refractivity contribution is 5.81. The zero-order chi connectivity index (χ0) is 12.4. The predicted molar refractivity (Wildman–Crippen MR) is 63.2 cm³/mol. The second-order valence-corrected chi connectivity index (χ2v) is 4.69. The highest BCUT2D eigenvalue weighted by Crippen LogP contribution is 2.18. The van der Waals surface area contributed by atoms with Crippen molar-refractivity contribution in [3.8, 4) is 0 Å². The molecule has 1 heterocycles. The van der Waals surface area contributed by atoms with E-state index in [1.165, 1.54) is 0 Å². The molecule has 1 aliphatic carbocycles. The molecule has 1 amide bonds. The Bertz CT molecular complexity index is 398. The zero-order valence-corrected chi connectivity index (χ0v) is 10.5. The fourth-order valence-corrected chi connectivity index (χ4v) is 1.76. The molecular formula is C11H19N5O. The van der Waals surface area contributed by atoms with E-state index in [0.717, 1.165) is 18.7 Å². The summed E-state index contributed by atoms with van der Waals surface area (Å²) in [5, 5.41) is 14.0. The van der Waals surface area contributed by atoms with Crippen molar-refractivity contribution in [2.45, 2.75) is 44.8 Å². The van der Waals surface area contributed by atoms with Gasteiger partial charge in [-0.25, -0.2) is 0 Å². The molecular weight excluding hydrogens is 218 g/mol. The average Bonchev–Trinajstić information content (AvgIpc) is 2.98. The van der Waals surface area contributed by atoms with Gasteiger partial charge in [0.2, 0.25) is 5.91 Å². The van der Waals surface area contributed by atoms with Crippen molar-refractivity contribution in [3.05, 3.63) is 12.2 Å². The van der Waals surface area contributed by atoms with E-state index in [1.54, 1.807) is 6.33 Å². The third-order valence-corrected chi connectivity index (χ3v) is 2.95. The summed E-state index contributed by atoms with van der Waals surface area (Å²) in [4.78, 5) is 11.8. The molecule has 0 aromatic carbocycles. The quantitative estimate of drug-likeness (QED) is 0.763. The van der Waals surface area contributed by atoms with E-state index < -0.39 is 0 Å². The third-order valence-electron chi connectivity index (χ3n) is 2.95. The number of amides is 1. The molecule has 0 aliphatic heterocycles. The Morgan fingerprint density at radius 3 is 2.76 bits per heavy atom. The Morgan fingerprint density at radius 1 is 1.53 bits per heavy atom. The molecule has 6 nitrogen and oxygen atoms in total. The number of rotatable bonds is 5. The third kappa shape index (κ3) is 3.03. The van der Waals surface area contributed by atoms with E-state index in [0.29, 0.717) is 6.04 Å². The van der Waals surface area contributed by atoms with Gasteiger partial charge in [0, 0.05) is 13.1 Å². The molecule has 94 valence electrons. The molecule has 1 fully saturated rings. The summed E-state index contributed by atoms with van der Waals surface area (Å²) in [6, 6.07) is 0.182. The van der Waals surface area contributed by atoms with E-state index in [-0.39, 0.29) is 18.0 Å². The van der Waals surface area contributed by atoms with Gasteiger partial charge in [-0.3, -0.25) is 10.1 Å². The van der Waals surface area contributed by atoms with Crippen LogP contribution in [0.4, 0.5) is 0 Å². The second kappa shape index (κ2) is 4.83.